The largest absolute Gasteiger partial charge is 0.210 e. The van der Waals surface area contributed by atoms with Gasteiger partial charge in [0.2, 0.25) is 0 Å². The van der Waals surface area contributed by atoms with E-state index in [4.69, 9.17) is 0 Å². The lowest BCUT2D eigenvalue weighted by atomic mass is 10.3. The van der Waals surface area contributed by atoms with Crippen LogP contribution in [0.25, 0.3) is 0 Å². The Morgan fingerprint density at radius 1 is 1.22 bits per heavy atom. The van der Waals surface area contributed by atoms with Crippen molar-refractivity contribution >= 4 is 6.21 Å². The smallest absolute Gasteiger partial charge is 0.176 e. The highest BCUT2D eigenvalue weighted by atomic mass is 15.0. The van der Waals surface area contributed by atoms with E-state index < -0.39 is 0 Å². The Balaban J connectivity index is 4.40. The third kappa shape index (κ3) is 2.45. The van der Waals surface area contributed by atoms with Crippen LogP contribution in [0.15, 0.2) is 11.3 Å². The molecule has 0 spiro atoms. The van der Waals surface area contributed by atoms with Crippen molar-refractivity contribution in [2.45, 2.75) is 27.7 Å². The summed E-state index contributed by atoms with van der Waals surface area (Å²) in [6, 6.07) is 0. The third-order valence-electron chi connectivity index (χ3n) is 1.64. The first-order valence-electron chi connectivity index (χ1n) is 3.26. The molecular weight excluding hydrogens is 110 g/mol. The van der Waals surface area contributed by atoms with Crippen LogP contribution >= 0.6 is 0 Å². The summed E-state index contributed by atoms with van der Waals surface area (Å²) in [5.74, 6) is 0. The second-order valence-corrected chi connectivity index (χ2v) is 2.45. The van der Waals surface area contributed by atoms with Crippen molar-refractivity contribution in [2.24, 2.45) is 0 Å². The first-order valence-corrected chi connectivity index (χ1v) is 3.26. The minimum absolute atomic E-state index is 1.33. The molecule has 1 nitrogen and oxygen atoms in total. The molecule has 1 heteroatoms. The van der Waals surface area contributed by atoms with Gasteiger partial charge in [0.25, 0.3) is 0 Å². The number of hydrogen-bond donors (Lipinski definition) is 0. The lowest BCUT2D eigenvalue weighted by Gasteiger charge is -1.95. The summed E-state index contributed by atoms with van der Waals surface area (Å²) in [6.07, 6.45) is 2.06. The van der Waals surface area contributed by atoms with Crippen LogP contribution < -0.4 is 0 Å². The van der Waals surface area contributed by atoms with Gasteiger partial charge in [0.1, 0.15) is 13.3 Å². The number of hydrogen-bond acceptors (Lipinski definition) is 0. The van der Waals surface area contributed by atoms with Crippen molar-refractivity contribution < 1.29 is 4.58 Å². The van der Waals surface area contributed by atoms with Gasteiger partial charge in [-0.25, -0.2) is 4.58 Å². The van der Waals surface area contributed by atoms with Crippen molar-refractivity contribution in [2.75, 3.05) is 7.05 Å². The molecule has 0 aromatic rings. The minimum Gasteiger partial charge on any atom is -0.210 e. The Morgan fingerprint density at radius 2 is 1.67 bits per heavy atom. The number of allylic oxidation sites excluding steroid dienone is 2. The maximum atomic E-state index is 2.12. The molecule has 0 radical (unpaired) electrons. The highest BCUT2D eigenvalue weighted by Gasteiger charge is 1.98. The molecule has 0 aliphatic heterocycles. The zero-order valence-corrected chi connectivity index (χ0v) is 7.02. The fourth-order valence-corrected chi connectivity index (χ4v) is 0.546. The summed E-state index contributed by atoms with van der Waals surface area (Å²) in [5.41, 5.74) is 2.70. The third-order valence-corrected chi connectivity index (χ3v) is 1.64. The van der Waals surface area contributed by atoms with Gasteiger partial charge in [-0.2, -0.15) is 0 Å². The predicted molar refractivity (Wildman–Crippen MR) is 42.0 cm³/mol. The summed E-state index contributed by atoms with van der Waals surface area (Å²) >= 11 is 0. The molecule has 0 aliphatic carbocycles. The van der Waals surface area contributed by atoms with Crippen molar-refractivity contribution in [3.8, 4) is 0 Å². The molecule has 0 unspecified atom stereocenters. The van der Waals surface area contributed by atoms with Crippen LogP contribution in [0.2, 0.25) is 0 Å². The zero-order valence-electron chi connectivity index (χ0n) is 7.02. The molecule has 0 fully saturated rings. The summed E-state index contributed by atoms with van der Waals surface area (Å²) in [5, 5.41) is 0. The maximum Gasteiger partial charge on any atom is 0.176 e. The standard InChI is InChI=1S/C8H16N/c1-6-9(5)8(4)7(2)3/h6H,1-5H3/q+1. The first-order chi connectivity index (χ1) is 4.09. The Labute approximate surface area is 57.7 Å². The Hall–Kier alpha value is -0.590. The van der Waals surface area contributed by atoms with E-state index in [0.717, 1.165) is 0 Å². The van der Waals surface area contributed by atoms with Crippen LogP contribution in [-0.4, -0.2) is 17.8 Å². The van der Waals surface area contributed by atoms with Crippen molar-refractivity contribution in [1.29, 1.82) is 0 Å². The summed E-state index contributed by atoms with van der Waals surface area (Å²) in [4.78, 5) is 0. The van der Waals surface area contributed by atoms with Crippen LogP contribution in [0.3, 0.4) is 0 Å². The monoisotopic (exact) mass is 126 g/mol. The van der Waals surface area contributed by atoms with Crippen LogP contribution in [0, 0.1) is 0 Å². The maximum absolute atomic E-state index is 2.12. The van der Waals surface area contributed by atoms with E-state index in [9.17, 15) is 0 Å². The zero-order chi connectivity index (χ0) is 7.44. The SMILES string of the molecule is CC=[N+](C)C(C)=C(C)C. The van der Waals surface area contributed by atoms with Gasteiger partial charge in [0.05, 0.1) is 0 Å². The molecule has 0 atom stereocenters. The van der Waals surface area contributed by atoms with Gasteiger partial charge in [-0.1, -0.05) is 0 Å². The van der Waals surface area contributed by atoms with E-state index in [1.165, 1.54) is 11.3 Å². The quantitative estimate of drug-likeness (QED) is 0.373. The van der Waals surface area contributed by atoms with Crippen molar-refractivity contribution in [3.63, 3.8) is 0 Å². The highest BCUT2D eigenvalue weighted by molar-refractivity contribution is 5.47. The molecule has 0 aromatic carbocycles. The van der Waals surface area contributed by atoms with Gasteiger partial charge < -0.3 is 0 Å². The first kappa shape index (κ1) is 8.41. The van der Waals surface area contributed by atoms with E-state index in [1.54, 1.807) is 0 Å². The molecule has 0 rings (SSSR count). The summed E-state index contributed by atoms with van der Waals surface area (Å²) in [6.45, 7) is 8.40. The number of rotatable bonds is 1. The molecule has 52 valence electrons. The molecule has 0 saturated heterocycles. The molecular formula is C8H16N+. The lowest BCUT2D eigenvalue weighted by molar-refractivity contribution is -0.439. The van der Waals surface area contributed by atoms with Gasteiger partial charge >= 0.3 is 0 Å². The molecule has 0 saturated carbocycles. The van der Waals surface area contributed by atoms with Gasteiger partial charge in [-0.15, -0.1) is 0 Å². The average molecular weight is 126 g/mol. The topological polar surface area (TPSA) is 3.01 Å². The van der Waals surface area contributed by atoms with Crippen LogP contribution in [0.1, 0.15) is 27.7 Å². The van der Waals surface area contributed by atoms with E-state index in [-0.39, 0.29) is 0 Å². The minimum atomic E-state index is 1.33. The van der Waals surface area contributed by atoms with Crippen molar-refractivity contribution in [1.82, 2.24) is 0 Å². The Kier molecular flexibility index (Phi) is 3.21. The fraction of sp³-hybridized carbons (Fsp3) is 0.625. The van der Waals surface area contributed by atoms with Crippen LogP contribution in [-0.2, 0) is 0 Å². The van der Waals surface area contributed by atoms with Crippen LogP contribution in [0.5, 0.6) is 0 Å². The fourth-order valence-electron chi connectivity index (χ4n) is 0.546. The Bertz CT molecular complexity index is 148. The second-order valence-electron chi connectivity index (χ2n) is 2.45. The molecule has 0 aliphatic rings. The van der Waals surface area contributed by atoms with E-state index >= 15 is 0 Å². The molecule has 0 aromatic heterocycles. The van der Waals surface area contributed by atoms with E-state index in [2.05, 4.69) is 38.6 Å². The van der Waals surface area contributed by atoms with Gasteiger partial charge in [-0.3, -0.25) is 0 Å². The van der Waals surface area contributed by atoms with Crippen LogP contribution in [0.4, 0.5) is 0 Å². The molecule has 0 N–H and O–H groups in total. The molecule has 0 amide bonds. The van der Waals surface area contributed by atoms with E-state index in [1.807, 2.05) is 6.92 Å². The average Bonchev–Trinajstić information content (AvgIpc) is 1.84. The summed E-state index contributed by atoms with van der Waals surface area (Å²) in [7, 11) is 2.06. The summed E-state index contributed by atoms with van der Waals surface area (Å²) < 4.78 is 2.12. The lowest BCUT2D eigenvalue weighted by Crippen LogP contribution is -2.03. The normalized spacial score (nSPS) is 11.4. The predicted octanol–water partition coefficient (Wildman–Crippen LogP) is 2.03. The molecule has 0 heterocycles. The van der Waals surface area contributed by atoms with Gasteiger partial charge in [-0.05, 0) is 19.4 Å². The van der Waals surface area contributed by atoms with Gasteiger partial charge in [0.15, 0.2) is 5.70 Å². The van der Waals surface area contributed by atoms with E-state index in [0.29, 0.717) is 0 Å². The number of nitrogens with zero attached hydrogens (tertiary/aromatic N) is 1. The molecule has 9 heavy (non-hydrogen) atoms. The van der Waals surface area contributed by atoms with Crippen molar-refractivity contribution in [3.05, 3.63) is 11.3 Å². The second kappa shape index (κ2) is 3.44. The Morgan fingerprint density at radius 3 is 1.78 bits per heavy atom. The van der Waals surface area contributed by atoms with Gasteiger partial charge in [0, 0.05) is 13.8 Å². The molecule has 0 bridgehead atoms. The highest BCUT2D eigenvalue weighted by Crippen LogP contribution is 2.00.